The number of thiazole rings is 1. The van der Waals surface area contributed by atoms with E-state index in [-0.39, 0.29) is 48.6 Å². The molecule has 4 aliphatic heterocycles. The number of nitrogens with zero attached hydrogens (tertiary/aromatic N) is 9. The lowest BCUT2D eigenvalue weighted by Gasteiger charge is -2.46. The fourth-order valence-electron chi connectivity index (χ4n) is 13.1. The zero-order chi connectivity index (χ0) is 55.1. The number of pyridine rings is 1. The van der Waals surface area contributed by atoms with Gasteiger partial charge in [-0.2, -0.15) is 0 Å². The maximum absolute atomic E-state index is 14.3. The van der Waals surface area contributed by atoms with Crippen LogP contribution in [0.1, 0.15) is 109 Å². The van der Waals surface area contributed by atoms with Crippen molar-refractivity contribution in [3.63, 3.8) is 0 Å². The summed E-state index contributed by atoms with van der Waals surface area (Å²) in [6, 6.07) is 23.0. The molecule has 2 amide bonds. The average Bonchev–Trinajstić information content (AvgIpc) is 4.40. The van der Waals surface area contributed by atoms with E-state index in [2.05, 4.69) is 71.3 Å². The Kier molecular flexibility index (Phi) is 15.8. The number of phenolic OH excluding ortho intramolecular Hbond substituents is 1. The number of aryl methyl sites for hydroxylation is 1. The average molecular weight is 1090 g/mol. The third-order valence-corrected chi connectivity index (χ3v) is 18.8. The number of piperidine rings is 1. The molecule has 1 aliphatic carbocycles. The lowest BCUT2D eigenvalue weighted by atomic mass is 9.77. The highest BCUT2D eigenvalue weighted by molar-refractivity contribution is 7.13. The number of carbonyl (C=O) groups is 2. The summed E-state index contributed by atoms with van der Waals surface area (Å²) in [6.45, 7) is 16.8. The molecule has 5 fully saturated rings. The molecule has 2 bridgehead atoms. The minimum absolute atomic E-state index is 0.0605. The van der Waals surface area contributed by atoms with Gasteiger partial charge in [-0.25, -0.2) is 9.97 Å². The monoisotopic (exact) mass is 1090 g/mol. The number of rotatable bonds is 18. The molecule has 418 valence electrons. The van der Waals surface area contributed by atoms with Crippen LogP contribution >= 0.6 is 11.3 Å². The Morgan fingerprint density at radius 1 is 0.924 bits per heavy atom. The third-order valence-electron chi connectivity index (χ3n) is 17.8. The number of aliphatic hydroxyl groups excluding tert-OH is 1. The summed E-state index contributed by atoms with van der Waals surface area (Å²) in [7, 11) is 0. The summed E-state index contributed by atoms with van der Waals surface area (Å²) in [6.07, 6.45) is 7.51. The first-order valence-electron chi connectivity index (χ1n) is 28.4. The van der Waals surface area contributed by atoms with Gasteiger partial charge in [-0.15, -0.1) is 21.5 Å². The number of ether oxygens (including phenoxy) is 2. The van der Waals surface area contributed by atoms with Crippen LogP contribution in [0.15, 0.2) is 89.0 Å². The fourth-order valence-corrected chi connectivity index (χ4v) is 14.0. The Morgan fingerprint density at radius 3 is 2.43 bits per heavy atom. The van der Waals surface area contributed by atoms with Crippen LogP contribution < -0.4 is 30.3 Å². The maximum atomic E-state index is 14.3. The number of carbonyl (C=O) groups excluding carboxylic acids is 2. The van der Waals surface area contributed by atoms with Gasteiger partial charge in [0.15, 0.2) is 11.6 Å². The van der Waals surface area contributed by atoms with Gasteiger partial charge < -0.3 is 54.9 Å². The largest absolute Gasteiger partial charge is 0.507 e. The molecule has 79 heavy (non-hydrogen) atoms. The molecule has 2 unspecified atom stereocenters. The van der Waals surface area contributed by atoms with Crippen molar-refractivity contribution in [3.05, 3.63) is 102 Å². The molecule has 0 spiro atoms. The summed E-state index contributed by atoms with van der Waals surface area (Å²) in [4.78, 5) is 47.3. The maximum Gasteiger partial charge on any atom is 0.254 e. The standard InChI is InChI=1S/C60H75N11O7S/c1-34(2)56(60(75)70-32-46(72)26-51(70)59(74)64-36(4)41-11-13-42(14-12-41)57-37(5)63-33-79-57)53-28-55(67-78-53)76-22-19-40-18-21-68(38(6)35(40)3)29-39-23-47(24-39)77-54-25-43(17-20-62-54)71-44-15-16-45(71)31-69(30-44)50-27-49(65-66-58(50)61)48-9-7-8-10-52(48)73/h7-14,17,20,25,27-28,33-36,38-40,44-47,51,56,72-73H,15-16,18-19,21-24,26,29-32H2,1-6H3,(H2,61,66)(H,64,74)/t35-,36+,38+,39?,40-,44?,45?,46-,47?,51+,56-/m1/s1. The number of nitrogens with one attached hydrogen (secondary N) is 1. The number of para-hydroxylation sites is 1. The summed E-state index contributed by atoms with van der Waals surface area (Å²) >= 11 is 1.60. The Morgan fingerprint density at radius 2 is 1.70 bits per heavy atom. The number of fused-ring (bicyclic) bond motifs is 2. The second-order valence-electron chi connectivity index (χ2n) is 23.2. The van der Waals surface area contributed by atoms with Gasteiger partial charge in [0.2, 0.25) is 17.7 Å². The van der Waals surface area contributed by atoms with Crippen molar-refractivity contribution in [3.8, 4) is 39.2 Å². The van der Waals surface area contributed by atoms with Crippen LogP contribution in [0.4, 0.5) is 17.2 Å². The Bertz CT molecular complexity index is 3080. The molecule has 0 radical (unpaired) electrons. The molecule has 4 saturated heterocycles. The number of likely N-dealkylation sites (tertiary alicyclic amines) is 2. The van der Waals surface area contributed by atoms with Gasteiger partial charge >= 0.3 is 0 Å². The fraction of sp³-hybridized carbons (Fsp3) is 0.517. The van der Waals surface area contributed by atoms with E-state index in [0.29, 0.717) is 77.1 Å². The summed E-state index contributed by atoms with van der Waals surface area (Å²) in [5.41, 5.74) is 14.5. The Labute approximate surface area is 466 Å². The number of aromatic hydroxyl groups is 1. The van der Waals surface area contributed by atoms with Crippen LogP contribution in [0, 0.1) is 30.6 Å². The number of amides is 2. The van der Waals surface area contributed by atoms with Crippen LogP contribution in [0.3, 0.4) is 0 Å². The predicted molar refractivity (Wildman–Crippen MR) is 304 cm³/mol. The van der Waals surface area contributed by atoms with Gasteiger partial charge in [0, 0.05) is 80.3 Å². The van der Waals surface area contributed by atoms with Gasteiger partial charge in [-0.05, 0) is 130 Å². The second-order valence-corrected chi connectivity index (χ2v) is 24.1. The van der Waals surface area contributed by atoms with E-state index in [9.17, 15) is 19.8 Å². The predicted octanol–water partition coefficient (Wildman–Crippen LogP) is 8.66. The van der Waals surface area contributed by atoms with Crippen LogP contribution in [-0.4, -0.2) is 133 Å². The van der Waals surface area contributed by atoms with Gasteiger partial charge in [0.05, 0.1) is 46.2 Å². The van der Waals surface area contributed by atoms with Crippen molar-refractivity contribution in [1.82, 2.24) is 40.4 Å². The van der Waals surface area contributed by atoms with Gasteiger partial charge in [0.25, 0.3) is 5.88 Å². The number of anilines is 3. The second kappa shape index (κ2) is 23.1. The molecule has 4 aromatic heterocycles. The number of hydrogen-bond donors (Lipinski definition) is 4. The number of hydrogen-bond acceptors (Lipinski definition) is 17. The normalized spacial score (nSPS) is 25.8. The SMILES string of the molecule is Cc1ncsc1-c1ccc([C@H](C)NC(=O)[C@@H]2C[C@@H](O)CN2C(=O)[C@@H](c2cc(OCC[C@H]3CCN(CC4CC(Oc5cc(N6C7CCC6CN(c6cc(-c8ccccc8O)nnc6N)C7)ccn5)C4)[C@@H](C)[C@H]3C)no2)C(C)C)cc1. The summed E-state index contributed by atoms with van der Waals surface area (Å²) < 4.78 is 18.5. The number of aromatic nitrogens is 5. The molecule has 5 aliphatic rings. The number of piperazine rings is 1. The number of β-amino-alcohol motifs (C(OH)–C–C–N with tert-alkyl or cyclic N) is 1. The molecule has 11 rings (SSSR count). The molecular formula is C60H75N11O7S. The topological polar surface area (TPSA) is 222 Å². The lowest BCUT2D eigenvalue weighted by molar-refractivity contribution is -0.141. The molecule has 5 N–H and O–H groups in total. The number of nitrogens with two attached hydrogens (primary N) is 1. The van der Waals surface area contributed by atoms with Crippen molar-refractivity contribution in [1.29, 1.82) is 0 Å². The molecule has 2 aromatic carbocycles. The van der Waals surface area contributed by atoms with Crippen molar-refractivity contribution in [2.24, 2.45) is 23.7 Å². The van der Waals surface area contributed by atoms with E-state index in [1.54, 1.807) is 29.5 Å². The highest BCUT2D eigenvalue weighted by Crippen LogP contribution is 2.42. The number of nitrogen functional groups attached to an aromatic ring is 1. The van der Waals surface area contributed by atoms with Crippen molar-refractivity contribution in [2.45, 2.75) is 135 Å². The van der Waals surface area contributed by atoms with E-state index < -0.39 is 18.1 Å². The highest BCUT2D eigenvalue weighted by atomic mass is 32.1. The van der Waals surface area contributed by atoms with Crippen molar-refractivity contribution in [2.75, 3.05) is 54.9 Å². The number of aliphatic hydroxyl groups is 1. The first-order valence-corrected chi connectivity index (χ1v) is 29.2. The van der Waals surface area contributed by atoms with Crippen LogP contribution in [0.2, 0.25) is 0 Å². The van der Waals surface area contributed by atoms with E-state index >= 15 is 0 Å². The number of phenols is 1. The smallest absolute Gasteiger partial charge is 0.254 e. The first kappa shape index (κ1) is 54.1. The van der Waals surface area contributed by atoms with Gasteiger partial charge in [-0.3, -0.25) is 9.59 Å². The third kappa shape index (κ3) is 11.5. The minimum atomic E-state index is -0.824. The quantitative estimate of drug-likeness (QED) is 0.0632. The van der Waals surface area contributed by atoms with E-state index in [1.165, 1.54) is 4.90 Å². The molecule has 18 nitrogen and oxygen atoms in total. The van der Waals surface area contributed by atoms with E-state index in [4.69, 9.17) is 19.7 Å². The Balaban J connectivity index is 0.620. The zero-order valence-corrected chi connectivity index (χ0v) is 47.0. The molecule has 1 saturated carbocycles. The lowest BCUT2D eigenvalue weighted by Crippen LogP contribution is -2.54. The zero-order valence-electron chi connectivity index (χ0n) is 46.1. The van der Waals surface area contributed by atoms with E-state index in [0.717, 1.165) is 97.8 Å². The van der Waals surface area contributed by atoms with Gasteiger partial charge in [0.1, 0.15) is 23.8 Å². The van der Waals surface area contributed by atoms with Crippen LogP contribution in [0.25, 0.3) is 21.7 Å². The van der Waals surface area contributed by atoms with Crippen molar-refractivity contribution >= 4 is 40.3 Å². The minimum Gasteiger partial charge on any atom is -0.507 e. The Hall–Kier alpha value is -6.83. The summed E-state index contributed by atoms with van der Waals surface area (Å²) in [5.74, 6) is 2.04. The number of benzene rings is 2. The molecule has 9 atom stereocenters. The molecule has 8 heterocycles. The van der Waals surface area contributed by atoms with Crippen molar-refractivity contribution < 1.29 is 33.8 Å². The van der Waals surface area contributed by atoms with Crippen LogP contribution in [-0.2, 0) is 9.59 Å². The van der Waals surface area contributed by atoms with Crippen LogP contribution in [0.5, 0.6) is 17.5 Å². The summed E-state index contributed by atoms with van der Waals surface area (Å²) in [5, 5.41) is 37.2. The first-order chi connectivity index (χ1) is 38.1. The van der Waals surface area contributed by atoms with Gasteiger partial charge in [-0.1, -0.05) is 57.2 Å². The molecular weight excluding hydrogens is 1020 g/mol. The molecule has 6 aromatic rings. The molecule has 19 heteroatoms. The highest BCUT2D eigenvalue weighted by Gasteiger charge is 2.45. The van der Waals surface area contributed by atoms with E-state index in [1.807, 2.05) is 81.9 Å².